The maximum absolute atomic E-state index is 10.6. The van der Waals surface area contributed by atoms with Gasteiger partial charge in [0, 0.05) is 0 Å². The zero-order valence-electron chi connectivity index (χ0n) is 6.99. The van der Waals surface area contributed by atoms with Crippen LogP contribution in [0.5, 0.6) is 5.75 Å². The largest absolute Gasteiger partial charge is 1.00 e. The van der Waals surface area contributed by atoms with Crippen molar-refractivity contribution < 1.29 is 47.6 Å². The SMILES string of the molecule is O=S(=O)([O-])c1c(Cl)cc(O)cc1Cl.[Na+]. The van der Waals surface area contributed by atoms with Gasteiger partial charge in [-0.05, 0) is 12.1 Å². The number of aromatic hydroxyl groups is 1. The van der Waals surface area contributed by atoms with Crippen molar-refractivity contribution in [1.82, 2.24) is 0 Å². The number of hydrogen-bond donors (Lipinski definition) is 1. The van der Waals surface area contributed by atoms with Crippen LogP contribution in [0.2, 0.25) is 10.0 Å². The van der Waals surface area contributed by atoms with Crippen LogP contribution in [0.25, 0.3) is 0 Å². The Labute approximate surface area is 113 Å². The third-order valence-corrected chi connectivity index (χ3v) is 2.99. The van der Waals surface area contributed by atoms with Gasteiger partial charge >= 0.3 is 29.6 Å². The van der Waals surface area contributed by atoms with Gasteiger partial charge in [0.1, 0.15) is 15.9 Å². The van der Waals surface area contributed by atoms with Gasteiger partial charge in [-0.25, -0.2) is 8.42 Å². The zero-order chi connectivity index (χ0) is 10.2. The Morgan fingerprint density at radius 3 is 1.86 bits per heavy atom. The van der Waals surface area contributed by atoms with Crippen LogP contribution in [0.15, 0.2) is 17.0 Å². The van der Waals surface area contributed by atoms with E-state index in [4.69, 9.17) is 28.3 Å². The molecule has 0 spiro atoms. The van der Waals surface area contributed by atoms with Crippen molar-refractivity contribution in [2.75, 3.05) is 0 Å². The van der Waals surface area contributed by atoms with Gasteiger partial charge in [-0.1, -0.05) is 23.2 Å². The summed E-state index contributed by atoms with van der Waals surface area (Å²) in [6, 6.07) is 1.86. The molecule has 0 aliphatic carbocycles. The second-order valence-corrected chi connectivity index (χ2v) is 4.32. The second kappa shape index (κ2) is 5.03. The summed E-state index contributed by atoms with van der Waals surface area (Å²) in [5.41, 5.74) is 0. The minimum absolute atomic E-state index is 0. The molecular formula is C6H3Cl2NaO4S. The van der Waals surface area contributed by atoms with Crippen LogP contribution in [0.4, 0.5) is 0 Å². The van der Waals surface area contributed by atoms with Gasteiger partial charge < -0.3 is 9.66 Å². The van der Waals surface area contributed by atoms with Crippen molar-refractivity contribution in [3.8, 4) is 5.75 Å². The van der Waals surface area contributed by atoms with Crippen molar-refractivity contribution in [2.45, 2.75) is 4.90 Å². The monoisotopic (exact) mass is 264 g/mol. The molecule has 4 nitrogen and oxygen atoms in total. The molecule has 0 aliphatic rings. The standard InChI is InChI=1S/C6H4Cl2O4S.Na/c7-4-1-3(9)2-5(8)6(4)13(10,11)12;/h1-2,9H,(H,10,11,12);/q;+1/p-1. The number of rotatable bonds is 1. The average molecular weight is 265 g/mol. The van der Waals surface area contributed by atoms with Crippen LogP contribution in [0.1, 0.15) is 0 Å². The van der Waals surface area contributed by atoms with E-state index in [1.807, 2.05) is 0 Å². The molecule has 0 aliphatic heterocycles. The predicted octanol–water partition coefficient (Wildman–Crippen LogP) is -1.39. The molecule has 14 heavy (non-hydrogen) atoms. The third-order valence-electron chi connectivity index (χ3n) is 1.23. The summed E-state index contributed by atoms with van der Waals surface area (Å²) in [5.74, 6) is -0.303. The zero-order valence-corrected chi connectivity index (χ0v) is 11.3. The minimum atomic E-state index is -4.71. The number of phenolic OH excluding ortho intramolecular Hbond substituents is 1. The van der Waals surface area contributed by atoms with E-state index in [1.54, 1.807) is 0 Å². The van der Waals surface area contributed by atoms with Crippen LogP contribution >= 0.6 is 23.2 Å². The van der Waals surface area contributed by atoms with Gasteiger partial charge in [0.05, 0.1) is 14.9 Å². The van der Waals surface area contributed by atoms with Crippen LogP contribution in [-0.2, 0) is 10.1 Å². The van der Waals surface area contributed by atoms with Gasteiger partial charge in [-0.15, -0.1) is 0 Å². The van der Waals surface area contributed by atoms with Crippen LogP contribution in [0, 0.1) is 0 Å². The summed E-state index contributed by atoms with van der Waals surface area (Å²) in [7, 11) is -4.71. The van der Waals surface area contributed by atoms with E-state index in [0.29, 0.717) is 0 Å². The molecule has 0 fully saturated rings. The van der Waals surface area contributed by atoms with Crippen molar-refractivity contribution in [3.05, 3.63) is 22.2 Å². The maximum atomic E-state index is 10.6. The molecule has 8 heteroatoms. The first-order chi connectivity index (χ1) is 5.82. The number of benzene rings is 1. The van der Waals surface area contributed by atoms with Crippen LogP contribution < -0.4 is 29.6 Å². The summed E-state index contributed by atoms with van der Waals surface area (Å²) >= 11 is 10.8. The van der Waals surface area contributed by atoms with E-state index in [9.17, 15) is 13.0 Å². The molecule has 1 aromatic rings. The summed E-state index contributed by atoms with van der Waals surface area (Å²) in [5, 5.41) is 8.14. The summed E-state index contributed by atoms with van der Waals surface area (Å²) in [4.78, 5) is -0.714. The van der Waals surface area contributed by atoms with Crippen molar-refractivity contribution in [2.24, 2.45) is 0 Å². The van der Waals surface area contributed by atoms with Gasteiger partial charge in [0.15, 0.2) is 0 Å². The second-order valence-electron chi connectivity index (χ2n) is 2.19. The molecule has 0 saturated heterocycles. The fourth-order valence-corrected chi connectivity index (χ4v) is 2.42. The molecule has 0 radical (unpaired) electrons. The Morgan fingerprint density at radius 1 is 1.21 bits per heavy atom. The normalized spacial score (nSPS) is 10.8. The summed E-state index contributed by atoms with van der Waals surface area (Å²) < 4.78 is 31.7. The minimum Gasteiger partial charge on any atom is -0.744 e. The van der Waals surface area contributed by atoms with E-state index in [0.717, 1.165) is 12.1 Å². The first-order valence-corrected chi connectivity index (χ1v) is 5.12. The van der Waals surface area contributed by atoms with Crippen molar-refractivity contribution in [3.63, 3.8) is 0 Å². The smallest absolute Gasteiger partial charge is 0.744 e. The summed E-state index contributed by atoms with van der Waals surface area (Å²) in [6.07, 6.45) is 0. The molecule has 1 aromatic carbocycles. The Hall–Kier alpha value is 0.510. The Morgan fingerprint density at radius 2 is 1.57 bits per heavy atom. The summed E-state index contributed by atoms with van der Waals surface area (Å²) in [6.45, 7) is 0. The first-order valence-electron chi connectivity index (χ1n) is 2.96. The molecule has 1 rings (SSSR count). The Balaban J connectivity index is 0.00000169. The van der Waals surface area contributed by atoms with Gasteiger partial charge in [-0.3, -0.25) is 0 Å². The first kappa shape index (κ1) is 14.5. The van der Waals surface area contributed by atoms with Crippen molar-refractivity contribution >= 4 is 33.3 Å². The number of phenols is 1. The molecule has 0 amide bonds. The van der Waals surface area contributed by atoms with Gasteiger partial charge in [-0.2, -0.15) is 0 Å². The molecular weight excluding hydrogens is 262 g/mol. The van der Waals surface area contributed by atoms with Gasteiger partial charge in [0.25, 0.3) is 0 Å². The molecule has 0 unspecified atom stereocenters. The number of halogens is 2. The molecule has 0 heterocycles. The van der Waals surface area contributed by atoms with Crippen LogP contribution in [-0.4, -0.2) is 18.1 Å². The molecule has 0 aromatic heterocycles. The molecule has 0 saturated carbocycles. The molecule has 0 atom stereocenters. The third kappa shape index (κ3) is 3.27. The van der Waals surface area contributed by atoms with E-state index in [1.165, 1.54) is 0 Å². The Kier molecular flexibility index (Phi) is 5.21. The number of hydrogen-bond acceptors (Lipinski definition) is 4. The van der Waals surface area contributed by atoms with Gasteiger partial charge in [0.2, 0.25) is 0 Å². The molecule has 72 valence electrons. The molecule has 0 bridgehead atoms. The van der Waals surface area contributed by atoms with Crippen molar-refractivity contribution in [1.29, 1.82) is 0 Å². The average Bonchev–Trinajstić information content (AvgIpc) is 1.78. The molecule has 1 N–H and O–H groups in total. The quantitative estimate of drug-likeness (QED) is 0.501. The van der Waals surface area contributed by atoms with E-state index in [2.05, 4.69) is 0 Å². The predicted molar refractivity (Wildman–Crippen MR) is 46.1 cm³/mol. The fourth-order valence-electron chi connectivity index (χ4n) is 0.785. The van der Waals surface area contributed by atoms with Crippen LogP contribution in [0.3, 0.4) is 0 Å². The maximum Gasteiger partial charge on any atom is 1.00 e. The van der Waals surface area contributed by atoms with E-state index >= 15 is 0 Å². The topological polar surface area (TPSA) is 77.4 Å². The fraction of sp³-hybridized carbons (Fsp3) is 0. The Bertz CT molecular complexity index is 422. The van der Waals surface area contributed by atoms with E-state index < -0.39 is 15.0 Å². The van der Waals surface area contributed by atoms with E-state index in [-0.39, 0.29) is 45.4 Å².